The lowest BCUT2D eigenvalue weighted by atomic mass is 10.1. The van der Waals surface area contributed by atoms with E-state index < -0.39 is 30.3 Å². The Morgan fingerprint density at radius 1 is 0.966 bits per heavy atom. The number of nitrogens with one attached hydrogen (secondary N) is 1. The number of fused-ring (bicyclic) bond motifs is 3. The van der Waals surface area contributed by atoms with Gasteiger partial charge in [-0.3, -0.25) is 19.3 Å². The molecule has 0 atom stereocenters. The van der Waals surface area contributed by atoms with E-state index in [2.05, 4.69) is 5.32 Å². The summed E-state index contributed by atoms with van der Waals surface area (Å²) >= 11 is 0. The standard InChI is InChI=1S/C21H19N3O5/c1-2-3-10-23-19(26)20(27)24(21(23)28)12-18(25)22-13-8-9-17-15(11-13)14-6-4-5-7-16(14)29-17/h4-9,11H,2-3,10,12H2,1H3,(H,22,25). The van der Waals surface area contributed by atoms with Crippen molar-refractivity contribution in [2.75, 3.05) is 18.4 Å². The Kier molecular flexibility index (Phi) is 4.75. The summed E-state index contributed by atoms with van der Waals surface area (Å²) in [5, 5.41) is 4.43. The predicted octanol–water partition coefficient (Wildman–Crippen LogP) is 3.12. The van der Waals surface area contributed by atoms with E-state index in [-0.39, 0.29) is 6.54 Å². The summed E-state index contributed by atoms with van der Waals surface area (Å²) < 4.78 is 5.75. The molecule has 0 radical (unpaired) electrons. The van der Waals surface area contributed by atoms with Crippen LogP contribution in [0.25, 0.3) is 21.9 Å². The van der Waals surface area contributed by atoms with Crippen LogP contribution >= 0.6 is 0 Å². The minimum absolute atomic E-state index is 0.169. The minimum Gasteiger partial charge on any atom is -0.456 e. The Balaban J connectivity index is 1.49. The molecule has 0 aliphatic carbocycles. The fraction of sp³-hybridized carbons (Fsp3) is 0.238. The van der Waals surface area contributed by atoms with Crippen LogP contribution < -0.4 is 5.32 Å². The summed E-state index contributed by atoms with van der Waals surface area (Å²) in [7, 11) is 0. The zero-order chi connectivity index (χ0) is 20.5. The van der Waals surface area contributed by atoms with Crippen LogP contribution in [0, 0.1) is 0 Å². The molecule has 0 unspecified atom stereocenters. The molecule has 2 heterocycles. The maximum Gasteiger partial charge on any atom is 0.334 e. The number of nitrogens with zero attached hydrogens (tertiary/aromatic N) is 2. The van der Waals surface area contributed by atoms with E-state index in [9.17, 15) is 19.2 Å². The summed E-state index contributed by atoms with van der Waals surface area (Å²) in [6, 6.07) is 12.0. The van der Waals surface area contributed by atoms with Gasteiger partial charge in [0.15, 0.2) is 0 Å². The Hall–Kier alpha value is -3.68. The summed E-state index contributed by atoms with van der Waals surface area (Å²) in [5.41, 5.74) is 1.93. The highest BCUT2D eigenvalue weighted by molar-refractivity contribution is 6.45. The molecule has 3 aromatic rings. The van der Waals surface area contributed by atoms with Crippen LogP contribution in [-0.2, 0) is 14.4 Å². The van der Waals surface area contributed by atoms with Gasteiger partial charge in [0.1, 0.15) is 17.7 Å². The van der Waals surface area contributed by atoms with Gasteiger partial charge in [0.2, 0.25) is 5.91 Å². The highest BCUT2D eigenvalue weighted by Gasteiger charge is 2.44. The van der Waals surface area contributed by atoms with Crippen LogP contribution in [0.15, 0.2) is 46.9 Å². The highest BCUT2D eigenvalue weighted by atomic mass is 16.3. The number of furan rings is 1. The SMILES string of the molecule is CCCCN1C(=O)C(=O)N(CC(=O)Nc2ccc3oc4ccccc4c3c2)C1=O. The largest absolute Gasteiger partial charge is 0.456 e. The number of anilines is 1. The Bertz CT molecular complexity index is 1150. The van der Waals surface area contributed by atoms with Crippen LogP contribution in [0.3, 0.4) is 0 Å². The Morgan fingerprint density at radius 2 is 1.69 bits per heavy atom. The molecule has 1 aliphatic rings. The third-order valence-electron chi connectivity index (χ3n) is 4.83. The van der Waals surface area contributed by atoms with E-state index in [1.54, 1.807) is 18.2 Å². The monoisotopic (exact) mass is 393 g/mol. The second kappa shape index (κ2) is 7.38. The van der Waals surface area contributed by atoms with Crippen molar-refractivity contribution in [3.63, 3.8) is 0 Å². The van der Waals surface area contributed by atoms with Crippen molar-refractivity contribution in [2.45, 2.75) is 19.8 Å². The molecular formula is C21H19N3O5. The lowest BCUT2D eigenvalue weighted by molar-refractivity contribution is -0.143. The maximum atomic E-state index is 12.4. The molecule has 1 N–H and O–H groups in total. The molecule has 1 fully saturated rings. The fourth-order valence-electron chi connectivity index (χ4n) is 3.35. The van der Waals surface area contributed by atoms with E-state index in [1.165, 1.54) is 0 Å². The normalized spacial score (nSPS) is 14.4. The predicted molar refractivity (Wildman–Crippen MR) is 106 cm³/mol. The van der Waals surface area contributed by atoms with Crippen LogP contribution in [-0.4, -0.2) is 46.6 Å². The molecule has 1 aromatic heterocycles. The Labute approximate surface area is 166 Å². The summed E-state index contributed by atoms with van der Waals surface area (Å²) in [6.45, 7) is 1.57. The molecule has 0 bridgehead atoms. The highest BCUT2D eigenvalue weighted by Crippen LogP contribution is 2.30. The number of para-hydroxylation sites is 1. The second-order valence-electron chi connectivity index (χ2n) is 6.84. The number of rotatable bonds is 6. The number of carbonyl (C=O) groups is 4. The fourth-order valence-corrected chi connectivity index (χ4v) is 3.35. The molecular weight excluding hydrogens is 374 g/mol. The average Bonchev–Trinajstić information content (AvgIpc) is 3.17. The molecule has 2 aromatic carbocycles. The third-order valence-corrected chi connectivity index (χ3v) is 4.83. The van der Waals surface area contributed by atoms with Gasteiger partial charge in [0, 0.05) is 23.0 Å². The van der Waals surface area contributed by atoms with E-state index in [1.807, 2.05) is 31.2 Å². The first-order valence-corrected chi connectivity index (χ1v) is 9.38. The lowest BCUT2D eigenvalue weighted by Gasteiger charge is -2.15. The number of unbranched alkanes of at least 4 members (excludes halogenated alkanes) is 1. The van der Waals surface area contributed by atoms with Gasteiger partial charge in [-0.25, -0.2) is 9.69 Å². The van der Waals surface area contributed by atoms with Gasteiger partial charge in [0.25, 0.3) is 0 Å². The van der Waals surface area contributed by atoms with E-state index >= 15 is 0 Å². The molecule has 5 amide bonds. The van der Waals surface area contributed by atoms with Crippen LogP contribution in [0.1, 0.15) is 19.8 Å². The van der Waals surface area contributed by atoms with Gasteiger partial charge < -0.3 is 9.73 Å². The van der Waals surface area contributed by atoms with Gasteiger partial charge in [-0.05, 0) is 30.7 Å². The molecule has 0 saturated carbocycles. The van der Waals surface area contributed by atoms with Crippen LogP contribution in [0.5, 0.6) is 0 Å². The number of amides is 5. The number of urea groups is 1. The zero-order valence-corrected chi connectivity index (χ0v) is 15.8. The van der Waals surface area contributed by atoms with Crippen molar-refractivity contribution < 1.29 is 23.6 Å². The molecule has 1 saturated heterocycles. The Morgan fingerprint density at radius 3 is 2.48 bits per heavy atom. The average molecular weight is 393 g/mol. The first-order valence-electron chi connectivity index (χ1n) is 9.38. The van der Waals surface area contributed by atoms with Gasteiger partial charge in [0.05, 0.1) is 0 Å². The van der Waals surface area contributed by atoms with Crippen molar-refractivity contribution in [1.82, 2.24) is 9.80 Å². The van der Waals surface area contributed by atoms with Crippen LogP contribution in [0.2, 0.25) is 0 Å². The van der Waals surface area contributed by atoms with E-state index in [4.69, 9.17) is 4.42 Å². The molecule has 0 spiro atoms. The summed E-state index contributed by atoms with van der Waals surface area (Å²) in [6.07, 6.45) is 1.38. The van der Waals surface area contributed by atoms with Crippen molar-refractivity contribution in [2.24, 2.45) is 0 Å². The molecule has 148 valence electrons. The van der Waals surface area contributed by atoms with Gasteiger partial charge in [-0.1, -0.05) is 31.5 Å². The number of hydrogen-bond donors (Lipinski definition) is 1. The first-order chi connectivity index (χ1) is 14.0. The third kappa shape index (κ3) is 3.33. The van der Waals surface area contributed by atoms with E-state index in [0.29, 0.717) is 22.6 Å². The topological polar surface area (TPSA) is 99.9 Å². The van der Waals surface area contributed by atoms with Crippen molar-refractivity contribution in [3.05, 3.63) is 42.5 Å². The second-order valence-corrected chi connectivity index (χ2v) is 6.84. The minimum atomic E-state index is -0.975. The smallest absolute Gasteiger partial charge is 0.334 e. The van der Waals surface area contributed by atoms with Gasteiger partial charge in [-0.15, -0.1) is 0 Å². The molecule has 8 heteroatoms. The van der Waals surface area contributed by atoms with Crippen molar-refractivity contribution in [1.29, 1.82) is 0 Å². The maximum absolute atomic E-state index is 12.4. The number of hydrogen-bond acceptors (Lipinski definition) is 5. The lowest BCUT2D eigenvalue weighted by Crippen LogP contribution is -2.39. The molecule has 8 nitrogen and oxygen atoms in total. The first kappa shape index (κ1) is 18.7. The van der Waals surface area contributed by atoms with Gasteiger partial charge >= 0.3 is 17.8 Å². The number of imide groups is 2. The summed E-state index contributed by atoms with van der Waals surface area (Å²) in [4.78, 5) is 50.4. The summed E-state index contributed by atoms with van der Waals surface area (Å²) in [5.74, 6) is -2.43. The molecule has 29 heavy (non-hydrogen) atoms. The molecule has 4 rings (SSSR count). The van der Waals surface area contributed by atoms with Gasteiger partial charge in [-0.2, -0.15) is 0 Å². The number of carbonyl (C=O) groups excluding carboxylic acids is 4. The van der Waals surface area contributed by atoms with E-state index in [0.717, 1.165) is 27.7 Å². The van der Waals surface area contributed by atoms with Crippen molar-refractivity contribution >= 4 is 51.4 Å². The number of benzene rings is 2. The van der Waals surface area contributed by atoms with Crippen LogP contribution in [0.4, 0.5) is 10.5 Å². The molecule has 1 aliphatic heterocycles. The quantitative estimate of drug-likeness (QED) is 0.512. The van der Waals surface area contributed by atoms with Crippen molar-refractivity contribution in [3.8, 4) is 0 Å². The zero-order valence-electron chi connectivity index (χ0n) is 15.8.